The lowest BCUT2D eigenvalue weighted by Crippen LogP contribution is -2.31. The van der Waals surface area contributed by atoms with Crippen LogP contribution in [-0.2, 0) is 19.5 Å². The summed E-state index contributed by atoms with van der Waals surface area (Å²) in [5, 5.41) is 0.691. The highest BCUT2D eigenvalue weighted by molar-refractivity contribution is 6.30. The van der Waals surface area contributed by atoms with Crippen LogP contribution >= 0.6 is 11.6 Å². The lowest BCUT2D eigenvalue weighted by molar-refractivity contribution is 0.0745. The summed E-state index contributed by atoms with van der Waals surface area (Å²) in [6, 6.07) is 15.5. The highest BCUT2D eigenvalue weighted by Gasteiger charge is 2.27. The molecule has 0 spiro atoms. The molecule has 1 aliphatic heterocycles. The zero-order valence-electron chi connectivity index (χ0n) is 18.1. The van der Waals surface area contributed by atoms with Gasteiger partial charge in [0.05, 0.1) is 12.8 Å². The number of hydrogen-bond donors (Lipinski definition) is 0. The van der Waals surface area contributed by atoms with E-state index in [2.05, 4.69) is 4.57 Å². The first-order chi connectivity index (χ1) is 15.1. The molecular formula is C25H28ClN3O2. The number of benzene rings is 2. The third kappa shape index (κ3) is 4.47. The van der Waals surface area contributed by atoms with Crippen LogP contribution < -0.4 is 4.74 Å². The molecule has 3 aromatic rings. The number of imidazole rings is 1. The molecule has 4 rings (SSSR count). The minimum absolute atomic E-state index is 0.0285. The van der Waals surface area contributed by atoms with Crippen molar-refractivity contribution >= 4 is 17.5 Å². The Labute approximate surface area is 188 Å². The first-order valence-electron chi connectivity index (χ1n) is 10.9. The Kier molecular flexibility index (Phi) is 6.62. The number of halogens is 1. The van der Waals surface area contributed by atoms with E-state index in [1.165, 1.54) is 0 Å². The van der Waals surface area contributed by atoms with Gasteiger partial charge in [-0.05, 0) is 56.5 Å². The van der Waals surface area contributed by atoms with Crippen LogP contribution in [0, 0.1) is 0 Å². The number of nitrogens with zero attached hydrogens (tertiary/aromatic N) is 3. The SMILES string of the molecule is CCN(Cc1ccccc1OC)C(=O)c1nc(-c2ccc(Cl)cc2)n2c1CCCCC2. The van der Waals surface area contributed by atoms with E-state index in [1.807, 2.05) is 60.4 Å². The molecule has 0 atom stereocenters. The molecule has 0 unspecified atom stereocenters. The monoisotopic (exact) mass is 437 g/mol. The van der Waals surface area contributed by atoms with Gasteiger partial charge >= 0.3 is 0 Å². The van der Waals surface area contributed by atoms with Crippen molar-refractivity contribution in [2.75, 3.05) is 13.7 Å². The van der Waals surface area contributed by atoms with Crippen molar-refractivity contribution < 1.29 is 9.53 Å². The molecule has 0 fully saturated rings. The van der Waals surface area contributed by atoms with Gasteiger partial charge in [-0.15, -0.1) is 0 Å². The Morgan fingerprint density at radius 3 is 2.65 bits per heavy atom. The summed E-state index contributed by atoms with van der Waals surface area (Å²) in [6.07, 6.45) is 4.20. The van der Waals surface area contributed by atoms with E-state index in [-0.39, 0.29) is 5.91 Å². The van der Waals surface area contributed by atoms with Crippen LogP contribution in [0.4, 0.5) is 0 Å². The highest BCUT2D eigenvalue weighted by Crippen LogP contribution is 2.29. The number of fused-ring (bicyclic) bond motifs is 1. The van der Waals surface area contributed by atoms with Crippen molar-refractivity contribution in [3.63, 3.8) is 0 Å². The molecule has 2 heterocycles. The molecular weight excluding hydrogens is 410 g/mol. The standard InChI is InChI=1S/C25H28ClN3O2/c1-3-28(17-19-9-6-7-11-22(19)31-2)25(30)23-21-10-5-4-8-16-29(21)24(27-23)18-12-14-20(26)15-13-18/h6-7,9,11-15H,3-5,8,10,16-17H2,1-2H3. The summed E-state index contributed by atoms with van der Waals surface area (Å²) >= 11 is 6.09. The average Bonchev–Trinajstić information content (AvgIpc) is 2.98. The van der Waals surface area contributed by atoms with Gasteiger partial charge in [-0.25, -0.2) is 4.98 Å². The third-order valence-corrected chi connectivity index (χ3v) is 6.15. The van der Waals surface area contributed by atoms with Crippen LogP contribution in [0.15, 0.2) is 48.5 Å². The van der Waals surface area contributed by atoms with Gasteiger partial charge in [0.1, 0.15) is 17.3 Å². The van der Waals surface area contributed by atoms with Gasteiger partial charge in [0.15, 0.2) is 0 Å². The Morgan fingerprint density at radius 1 is 1.13 bits per heavy atom. The molecule has 31 heavy (non-hydrogen) atoms. The minimum Gasteiger partial charge on any atom is -0.496 e. The Bertz CT molecular complexity index is 1060. The van der Waals surface area contributed by atoms with Gasteiger partial charge in [-0.1, -0.05) is 36.2 Å². The molecule has 1 amide bonds. The number of carbonyl (C=O) groups is 1. The van der Waals surface area contributed by atoms with Crippen molar-refractivity contribution in [3.8, 4) is 17.1 Å². The third-order valence-electron chi connectivity index (χ3n) is 5.90. The molecule has 0 saturated carbocycles. The number of para-hydroxylation sites is 1. The number of carbonyl (C=O) groups excluding carboxylic acids is 1. The maximum absolute atomic E-state index is 13.7. The lowest BCUT2D eigenvalue weighted by atomic mass is 10.1. The van der Waals surface area contributed by atoms with Crippen LogP contribution in [0.25, 0.3) is 11.4 Å². The molecule has 162 valence electrons. The Balaban J connectivity index is 1.72. The summed E-state index contributed by atoms with van der Waals surface area (Å²) in [5.74, 6) is 1.61. The van der Waals surface area contributed by atoms with Gasteiger partial charge in [0.25, 0.3) is 5.91 Å². The number of methoxy groups -OCH3 is 1. The fourth-order valence-electron chi connectivity index (χ4n) is 4.23. The van der Waals surface area contributed by atoms with Crippen molar-refractivity contribution in [1.82, 2.24) is 14.5 Å². The van der Waals surface area contributed by atoms with E-state index in [1.54, 1.807) is 7.11 Å². The molecule has 0 N–H and O–H groups in total. The van der Waals surface area contributed by atoms with Crippen LogP contribution in [-0.4, -0.2) is 34.0 Å². The second-order valence-corrected chi connectivity index (χ2v) is 8.27. The second-order valence-electron chi connectivity index (χ2n) is 7.83. The molecule has 1 aromatic heterocycles. The second kappa shape index (κ2) is 9.56. The first kappa shape index (κ1) is 21.4. The van der Waals surface area contributed by atoms with Gasteiger partial charge in [0.2, 0.25) is 0 Å². The highest BCUT2D eigenvalue weighted by atomic mass is 35.5. The number of aromatic nitrogens is 2. The predicted molar refractivity (Wildman–Crippen MR) is 124 cm³/mol. The van der Waals surface area contributed by atoms with Gasteiger partial charge in [0, 0.05) is 35.8 Å². The molecule has 1 aliphatic rings. The molecule has 0 saturated heterocycles. The molecule has 0 aliphatic carbocycles. The number of ether oxygens (including phenoxy) is 1. The largest absolute Gasteiger partial charge is 0.496 e. The fraction of sp³-hybridized carbons (Fsp3) is 0.360. The average molecular weight is 438 g/mol. The van der Waals surface area contributed by atoms with E-state index in [0.717, 1.165) is 60.6 Å². The van der Waals surface area contributed by atoms with E-state index in [4.69, 9.17) is 21.3 Å². The lowest BCUT2D eigenvalue weighted by Gasteiger charge is -2.22. The maximum atomic E-state index is 13.7. The van der Waals surface area contributed by atoms with Crippen molar-refractivity contribution in [2.45, 2.75) is 45.7 Å². The quantitative estimate of drug-likeness (QED) is 0.504. The summed E-state index contributed by atoms with van der Waals surface area (Å²) in [4.78, 5) is 20.4. The van der Waals surface area contributed by atoms with Crippen LogP contribution in [0.3, 0.4) is 0 Å². The Morgan fingerprint density at radius 2 is 1.90 bits per heavy atom. The van der Waals surface area contributed by atoms with Crippen molar-refractivity contribution in [3.05, 3.63) is 70.5 Å². The topological polar surface area (TPSA) is 47.4 Å². The summed E-state index contributed by atoms with van der Waals surface area (Å²) in [6.45, 7) is 3.97. The smallest absolute Gasteiger partial charge is 0.274 e. The van der Waals surface area contributed by atoms with E-state index >= 15 is 0 Å². The van der Waals surface area contributed by atoms with Gasteiger partial charge < -0.3 is 14.2 Å². The van der Waals surface area contributed by atoms with Crippen molar-refractivity contribution in [2.24, 2.45) is 0 Å². The number of amides is 1. The number of hydrogen-bond acceptors (Lipinski definition) is 3. The molecule has 0 radical (unpaired) electrons. The zero-order chi connectivity index (χ0) is 21.8. The normalized spacial score (nSPS) is 13.4. The molecule has 2 aromatic carbocycles. The predicted octanol–water partition coefficient (Wildman–Crippen LogP) is 5.60. The van der Waals surface area contributed by atoms with E-state index in [9.17, 15) is 4.79 Å². The fourth-order valence-corrected chi connectivity index (χ4v) is 4.35. The van der Waals surface area contributed by atoms with Crippen LogP contribution in [0.5, 0.6) is 5.75 Å². The van der Waals surface area contributed by atoms with Gasteiger partial charge in [-0.2, -0.15) is 0 Å². The molecule has 5 nitrogen and oxygen atoms in total. The zero-order valence-corrected chi connectivity index (χ0v) is 18.9. The van der Waals surface area contributed by atoms with Crippen LogP contribution in [0.2, 0.25) is 5.02 Å². The van der Waals surface area contributed by atoms with Gasteiger partial charge in [-0.3, -0.25) is 4.79 Å². The Hall–Kier alpha value is -2.79. The van der Waals surface area contributed by atoms with Crippen molar-refractivity contribution in [1.29, 1.82) is 0 Å². The van der Waals surface area contributed by atoms with Crippen LogP contribution in [0.1, 0.15) is 47.9 Å². The summed E-state index contributed by atoms with van der Waals surface area (Å²) in [7, 11) is 1.66. The van der Waals surface area contributed by atoms with E-state index < -0.39 is 0 Å². The molecule has 0 bridgehead atoms. The van der Waals surface area contributed by atoms with E-state index in [0.29, 0.717) is 23.8 Å². The molecule has 6 heteroatoms. The summed E-state index contributed by atoms with van der Waals surface area (Å²) < 4.78 is 7.72. The summed E-state index contributed by atoms with van der Waals surface area (Å²) in [5.41, 5.74) is 3.59. The number of rotatable bonds is 6. The first-order valence-corrected chi connectivity index (χ1v) is 11.3. The minimum atomic E-state index is -0.0285. The maximum Gasteiger partial charge on any atom is 0.274 e.